The Labute approximate surface area is 200 Å². The smallest absolute Gasteiger partial charge is 0.348 e. The van der Waals surface area contributed by atoms with Crippen molar-refractivity contribution in [3.8, 4) is 0 Å². The average molecular weight is 512 g/mol. The van der Waals surface area contributed by atoms with E-state index in [0.717, 1.165) is 23.4 Å². The minimum absolute atomic E-state index is 0.0140. The molecule has 6 nitrogen and oxygen atoms in total. The molecule has 11 heteroatoms. The van der Waals surface area contributed by atoms with Gasteiger partial charge < -0.3 is 5.32 Å². The summed E-state index contributed by atoms with van der Waals surface area (Å²) in [6, 6.07) is 13.3. The predicted octanol–water partition coefficient (Wildman–Crippen LogP) is 4.98. The lowest BCUT2D eigenvalue weighted by Gasteiger charge is -2.11. The molecule has 34 heavy (non-hydrogen) atoms. The van der Waals surface area contributed by atoms with E-state index in [2.05, 4.69) is 15.0 Å². The summed E-state index contributed by atoms with van der Waals surface area (Å²) in [7, 11) is -3.65. The summed E-state index contributed by atoms with van der Waals surface area (Å²) < 4.78 is 65.0. The van der Waals surface area contributed by atoms with Crippen molar-refractivity contribution in [2.45, 2.75) is 26.1 Å². The van der Waals surface area contributed by atoms with Gasteiger partial charge in [0.15, 0.2) is 0 Å². The van der Waals surface area contributed by atoms with Gasteiger partial charge in [-0.15, -0.1) is 0 Å². The molecule has 0 bridgehead atoms. The van der Waals surface area contributed by atoms with Crippen molar-refractivity contribution in [2.24, 2.45) is 0 Å². The maximum absolute atomic E-state index is 12.6. The summed E-state index contributed by atoms with van der Waals surface area (Å²) >= 11 is 6.22. The Morgan fingerprint density at radius 2 is 1.76 bits per heavy atom. The van der Waals surface area contributed by atoms with Gasteiger partial charge in [0, 0.05) is 29.0 Å². The van der Waals surface area contributed by atoms with Gasteiger partial charge in [0.25, 0.3) is 5.91 Å². The molecule has 0 aliphatic heterocycles. The number of hydrogen-bond acceptors (Lipinski definition) is 4. The molecule has 0 radical (unpaired) electrons. The van der Waals surface area contributed by atoms with Gasteiger partial charge in [-0.05, 0) is 60.4 Å². The first-order chi connectivity index (χ1) is 15.9. The summed E-state index contributed by atoms with van der Waals surface area (Å²) in [6.07, 6.45) is -3.24. The normalized spacial score (nSPS) is 11.8. The Balaban J connectivity index is 1.54. The SMILES string of the molecule is Cc1cccc(CCS(=O)(=O)Nc2ccc(C(=O)NCc3ccc(C(F)(F)F)nc3)cc2)c1Cl. The lowest BCUT2D eigenvalue weighted by Crippen LogP contribution is -2.23. The van der Waals surface area contributed by atoms with Crippen LogP contribution in [0.2, 0.25) is 5.02 Å². The van der Waals surface area contributed by atoms with E-state index < -0.39 is 27.8 Å². The monoisotopic (exact) mass is 511 g/mol. The number of anilines is 1. The standard InChI is InChI=1S/C23H21ClF3N3O3S/c1-15-3-2-4-17(21(15)24)11-12-34(32,33)30-19-8-6-18(7-9-19)22(31)29-14-16-5-10-20(28-13-16)23(25,26)27/h2-10,13,30H,11-12,14H2,1H3,(H,29,31). The lowest BCUT2D eigenvalue weighted by molar-refractivity contribution is -0.141. The van der Waals surface area contributed by atoms with Crippen LogP contribution < -0.4 is 10.0 Å². The summed E-state index contributed by atoms with van der Waals surface area (Å²) in [5, 5.41) is 3.12. The third-order valence-electron chi connectivity index (χ3n) is 4.90. The number of nitrogens with one attached hydrogen (secondary N) is 2. The molecule has 180 valence electrons. The Morgan fingerprint density at radius 1 is 1.06 bits per heavy atom. The molecule has 3 rings (SSSR count). The molecule has 0 fully saturated rings. The van der Waals surface area contributed by atoms with Crippen LogP contribution in [0.1, 0.15) is 32.7 Å². The molecule has 2 aromatic carbocycles. The minimum atomic E-state index is -4.53. The largest absolute Gasteiger partial charge is 0.433 e. The van der Waals surface area contributed by atoms with Crippen molar-refractivity contribution in [3.63, 3.8) is 0 Å². The van der Waals surface area contributed by atoms with E-state index in [1.54, 1.807) is 6.07 Å². The second-order valence-corrected chi connectivity index (χ2v) is 9.75. The fourth-order valence-corrected chi connectivity index (χ4v) is 4.35. The highest BCUT2D eigenvalue weighted by molar-refractivity contribution is 7.92. The highest BCUT2D eigenvalue weighted by Crippen LogP contribution is 2.27. The second-order valence-electron chi connectivity index (χ2n) is 7.53. The second kappa shape index (κ2) is 10.4. The van der Waals surface area contributed by atoms with Gasteiger partial charge in [0.05, 0.1) is 5.75 Å². The molecular weight excluding hydrogens is 491 g/mol. The highest BCUT2D eigenvalue weighted by Gasteiger charge is 2.32. The topological polar surface area (TPSA) is 88.2 Å². The number of halogens is 4. The summed E-state index contributed by atoms with van der Waals surface area (Å²) in [4.78, 5) is 15.6. The molecular formula is C23H21ClF3N3O3S. The van der Waals surface area contributed by atoms with E-state index in [9.17, 15) is 26.4 Å². The molecule has 3 aromatic rings. The molecule has 1 heterocycles. The lowest BCUT2D eigenvalue weighted by atomic mass is 10.1. The van der Waals surface area contributed by atoms with Crippen molar-refractivity contribution in [3.05, 3.63) is 93.8 Å². The van der Waals surface area contributed by atoms with Crippen molar-refractivity contribution < 1.29 is 26.4 Å². The Bertz CT molecular complexity index is 1260. The summed E-state index contributed by atoms with van der Waals surface area (Å²) in [5.41, 5.74) is 1.55. The van der Waals surface area contributed by atoms with Crippen LogP contribution in [0.4, 0.5) is 18.9 Å². The number of aryl methyl sites for hydroxylation is 2. The summed E-state index contributed by atoms with van der Waals surface area (Å²) in [5.74, 6) is -0.636. The first-order valence-electron chi connectivity index (χ1n) is 10.1. The van der Waals surface area contributed by atoms with Crippen LogP contribution >= 0.6 is 11.6 Å². The molecule has 0 saturated carbocycles. The van der Waals surface area contributed by atoms with Crippen molar-refractivity contribution in [2.75, 3.05) is 10.5 Å². The molecule has 2 N–H and O–H groups in total. The van der Waals surface area contributed by atoms with E-state index in [-0.39, 0.29) is 24.3 Å². The van der Waals surface area contributed by atoms with Crippen LogP contribution in [-0.2, 0) is 29.2 Å². The third-order valence-corrected chi connectivity index (χ3v) is 6.73. The van der Waals surface area contributed by atoms with Gasteiger partial charge in [-0.1, -0.05) is 35.9 Å². The van der Waals surface area contributed by atoms with E-state index >= 15 is 0 Å². The van der Waals surface area contributed by atoms with Crippen LogP contribution in [0.15, 0.2) is 60.8 Å². The van der Waals surface area contributed by atoms with E-state index in [1.165, 1.54) is 30.3 Å². The van der Waals surface area contributed by atoms with Gasteiger partial charge in [0.1, 0.15) is 5.69 Å². The quantitative estimate of drug-likeness (QED) is 0.446. The van der Waals surface area contributed by atoms with Gasteiger partial charge in [-0.25, -0.2) is 8.42 Å². The molecule has 0 aliphatic rings. The van der Waals surface area contributed by atoms with Crippen molar-refractivity contribution in [1.29, 1.82) is 0 Å². The zero-order valence-electron chi connectivity index (χ0n) is 18.0. The Morgan fingerprint density at radius 3 is 2.38 bits per heavy atom. The average Bonchev–Trinajstić information content (AvgIpc) is 2.78. The van der Waals surface area contributed by atoms with Gasteiger partial charge >= 0.3 is 6.18 Å². The van der Waals surface area contributed by atoms with E-state index in [4.69, 9.17) is 11.6 Å². The van der Waals surface area contributed by atoms with Crippen LogP contribution in [0.3, 0.4) is 0 Å². The number of aromatic nitrogens is 1. The van der Waals surface area contributed by atoms with Crippen LogP contribution in [0.25, 0.3) is 0 Å². The molecule has 0 spiro atoms. The fourth-order valence-electron chi connectivity index (χ4n) is 3.05. The Kier molecular flexibility index (Phi) is 7.83. The third kappa shape index (κ3) is 6.94. The zero-order valence-corrected chi connectivity index (χ0v) is 19.6. The van der Waals surface area contributed by atoms with E-state index in [1.807, 2.05) is 19.1 Å². The molecule has 0 atom stereocenters. The maximum atomic E-state index is 12.6. The van der Waals surface area contributed by atoms with Crippen LogP contribution in [-0.4, -0.2) is 25.1 Å². The van der Waals surface area contributed by atoms with Crippen molar-refractivity contribution >= 4 is 33.2 Å². The number of sulfonamides is 1. The molecule has 0 unspecified atom stereocenters. The number of alkyl halides is 3. The maximum Gasteiger partial charge on any atom is 0.433 e. The zero-order chi connectivity index (χ0) is 24.9. The first-order valence-corrected chi connectivity index (χ1v) is 12.1. The highest BCUT2D eigenvalue weighted by atomic mass is 35.5. The van der Waals surface area contributed by atoms with Crippen molar-refractivity contribution in [1.82, 2.24) is 10.3 Å². The summed E-state index contributed by atoms with van der Waals surface area (Å²) in [6.45, 7) is 1.83. The van der Waals surface area contributed by atoms with Gasteiger partial charge in [-0.2, -0.15) is 13.2 Å². The number of nitrogens with zero attached hydrogens (tertiary/aromatic N) is 1. The van der Waals surface area contributed by atoms with Crippen LogP contribution in [0, 0.1) is 6.92 Å². The van der Waals surface area contributed by atoms with Gasteiger partial charge in [0.2, 0.25) is 10.0 Å². The molecule has 0 aliphatic carbocycles. The number of pyridine rings is 1. The molecule has 1 amide bonds. The van der Waals surface area contributed by atoms with E-state index in [0.29, 0.717) is 16.3 Å². The number of benzene rings is 2. The predicted molar refractivity (Wildman–Crippen MR) is 124 cm³/mol. The number of carbonyl (C=O) groups is 1. The number of rotatable bonds is 8. The first kappa shape index (κ1) is 25.5. The van der Waals surface area contributed by atoms with Gasteiger partial charge in [-0.3, -0.25) is 14.5 Å². The number of amides is 1. The fraction of sp³-hybridized carbons (Fsp3) is 0.217. The Hall–Kier alpha value is -3.11. The number of carbonyl (C=O) groups excluding carboxylic acids is 1. The minimum Gasteiger partial charge on any atom is -0.348 e. The number of hydrogen-bond donors (Lipinski definition) is 2. The van der Waals surface area contributed by atoms with Crippen LogP contribution in [0.5, 0.6) is 0 Å². The molecule has 1 aromatic heterocycles. The molecule has 0 saturated heterocycles.